The van der Waals surface area contributed by atoms with Crippen LogP contribution in [0.2, 0.25) is 0 Å². The second kappa shape index (κ2) is 7.27. The molecule has 2 aromatic rings. The molecule has 2 aromatic carbocycles. The van der Waals surface area contributed by atoms with E-state index >= 15 is 0 Å². The molecule has 112 valence electrons. The summed E-state index contributed by atoms with van der Waals surface area (Å²) in [4.78, 5) is 9.76. The standard InChI is InChI=1S/C7H7NO4S.C6H8N2/c9-5-8-6-2-1-3-7(4-6)13(10,11)12;7-5-3-1-2-4-6(5)8/h1-5H,(H,8,9)(H,10,11,12);1-4H,7-8H2. The fraction of sp³-hybridized carbons (Fsp3) is 0. The van der Waals surface area contributed by atoms with Gasteiger partial charge in [0.05, 0.1) is 16.3 Å². The van der Waals surface area contributed by atoms with Gasteiger partial charge in [0.1, 0.15) is 0 Å². The van der Waals surface area contributed by atoms with Gasteiger partial charge in [-0.25, -0.2) is 0 Å². The molecule has 7 nitrogen and oxygen atoms in total. The molecule has 0 aromatic heterocycles. The first-order chi connectivity index (χ1) is 9.84. The van der Waals surface area contributed by atoms with Crippen LogP contribution in [-0.2, 0) is 14.9 Å². The van der Waals surface area contributed by atoms with E-state index < -0.39 is 10.1 Å². The van der Waals surface area contributed by atoms with Gasteiger partial charge in [-0.3, -0.25) is 9.35 Å². The molecule has 0 fully saturated rings. The van der Waals surface area contributed by atoms with Crippen LogP contribution in [0.5, 0.6) is 0 Å². The highest BCUT2D eigenvalue weighted by molar-refractivity contribution is 7.85. The fourth-order valence-electron chi connectivity index (χ4n) is 1.33. The first kappa shape index (κ1) is 16.5. The van der Waals surface area contributed by atoms with Crippen molar-refractivity contribution in [3.05, 3.63) is 48.5 Å². The lowest BCUT2D eigenvalue weighted by atomic mass is 10.3. The Labute approximate surface area is 122 Å². The maximum atomic E-state index is 10.6. The van der Waals surface area contributed by atoms with Crippen LogP contribution in [0.4, 0.5) is 17.1 Å². The first-order valence-electron chi connectivity index (χ1n) is 5.72. The smallest absolute Gasteiger partial charge is 0.294 e. The molecule has 0 unspecified atom stereocenters. The van der Waals surface area contributed by atoms with Gasteiger partial charge in [-0.15, -0.1) is 0 Å². The number of nitrogens with two attached hydrogens (primary N) is 2. The summed E-state index contributed by atoms with van der Waals surface area (Å²) in [6.07, 6.45) is 0.420. The Bertz CT molecular complexity index is 696. The van der Waals surface area contributed by atoms with E-state index in [-0.39, 0.29) is 4.90 Å². The molecule has 21 heavy (non-hydrogen) atoms. The summed E-state index contributed by atoms with van der Waals surface area (Å²) in [5, 5.41) is 2.26. The lowest BCUT2D eigenvalue weighted by molar-refractivity contribution is -0.105. The number of carbonyl (C=O) groups excluding carboxylic acids is 1. The molecule has 0 saturated heterocycles. The van der Waals surface area contributed by atoms with Gasteiger partial charge in [0, 0.05) is 5.69 Å². The van der Waals surface area contributed by atoms with Crippen molar-refractivity contribution in [1.82, 2.24) is 0 Å². The van der Waals surface area contributed by atoms with Crippen molar-refractivity contribution in [3.8, 4) is 0 Å². The molecular formula is C13H15N3O4S. The minimum Gasteiger partial charge on any atom is -0.397 e. The van der Waals surface area contributed by atoms with Gasteiger partial charge in [0.25, 0.3) is 10.1 Å². The van der Waals surface area contributed by atoms with Crippen LogP contribution in [0.15, 0.2) is 53.4 Å². The highest BCUT2D eigenvalue weighted by Gasteiger charge is 2.08. The Morgan fingerprint density at radius 1 is 1.00 bits per heavy atom. The quantitative estimate of drug-likeness (QED) is 0.384. The first-order valence-corrected chi connectivity index (χ1v) is 7.16. The van der Waals surface area contributed by atoms with E-state index in [1.807, 2.05) is 12.1 Å². The number of benzene rings is 2. The number of amides is 1. The van der Waals surface area contributed by atoms with E-state index in [1.165, 1.54) is 18.2 Å². The van der Waals surface area contributed by atoms with Gasteiger partial charge in [-0.1, -0.05) is 18.2 Å². The number of rotatable bonds is 3. The Morgan fingerprint density at radius 3 is 2.00 bits per heavy atom. The van der Waals surface area contributed by atoms with Crippen molar-refractivity contribution in [2.75, 3.05) is 16.8 Å². The topological polar surface area (TPSA) is 136 Å². The zero-order valence-corrected chi connectivity index (χ0v) is 11.7. The lowest BCUT2D eigenvalue weighted by Crippen LogP contribution is -2.00. The third-order valence-corrected chi connectivity index (χ3v) is 3.20. The summed E-state index contributed by atoms with van der Waals surface area (Å²) in [6.45, 7) is 0. The number of carbonyl (C=O) groups is 1. The predicted octanol–water partition coefficient (Wildman–Crippen LogP) is 1.35. The van der Waals surface area contributed by atoms with Crippen LogP contribution < -0.4 is 16.8 Å². The lowest BCUT2D eigenvalue weighted by Gasteiger charge is -2.00. The van der Waals surface area contributed by atoms with Crippen LogP contribution in [-0.4, -0.2) is 19.4 Å². The van der Waals surface area contributed by atoms with Gasteiger partial charge < -0.3 is 16.8 Å². The molecule has 0 spiro atoms. The molecule has 2 rings (SSSR count). The zero-order valence-electron chi connectivity index (χ0n) is 10.9. The average molecular weight is 309 g/mol. The fourth-order valence-corrected chi connectivity index (χ4v) is 1.85. The minimum atomic E-state index is -4.20. The number of anilines is 3. The van der Waals surface area contributed by atoms with Gasteiger partial charge in [-0.05, 0) is 30.3 Å². The number of hydrogen-bond acceptors (Lipinski definition) is 5. The Balaban J connectivity index is 0.000000235. The normalized spacial score (nSPS) is 10.1. The zero-order chi connectivity index (χ0) is 15.9. The molecule has 0 bridgehead atoms. The molecule has 0 aliphatic heterocycles. The Hall–Kier alpha value is -2.58. The van der Waals surface area contributed by atoms with Gasteiger partial charge >= 0.3 is 0 Å². The maximum absolute atomic E-state index is 10.6. The number of nitrogens with one attached hydrogen (secondary N) is 1. The Morgan fingerprint density at radius 2 is 1.57 bits per heavy atom. The van der Waals surface area contributed by atoms with Crippen molar-refractivity contribution < 1.29 is 17.8 Å². The molecule has 0 aliphatic rings. The van der Waals surface area contributed by atoms with Crippen molar-refractivity contribution in [2.45, 2.75) is 4.90 Å². The van der Waals surface area contributed by atoms with E-state index in [9.17, 15) is 13.2 Å². The monoisotopic (exact) mass is 309 g/mol. The van der Waals surface area contributed by atoms with Crippen molar-refractivity contribution in [2.24, 2.45) is 0 Å². The van der Waals surface area contributed by atoms with E-state index in [2.05, 4.69) is 5.32 Å². The second-order valence-electron chi connectivity index (χ2n) is 3.89. The molecule has 8 heteroatoms. The van der Waals surface area contributed by atoms with E-state index in [4.69, 9.17) is 16.0 Å². The summed E-state index contributed by atoms with van der Waals surface area (Å²) in [5.74, 6) is 0. The van der Waals surface area contributed by atoms with Gasteiger partial charge in [0.15, 0.2) is 0 Å². The highest BCUT2D eigenvalue weighted by atomic mass is 32.2. The van der Waals surface area contributed by atoms with Crippen molar-refractivity contribution in [3.63, 3.8) is 0 Å². The largest absolute Gasteiger partial charge is 0.397 e. The molecule has 0 atom stereocenters. The summed E-state index contributed by atoms with van der Waals surface area (Å²) < 4.78 is 29.9. The number of para-hydroxylation sites is 2. The summed E-state index contributed by atoms with van der Waals surface area (Å²) >= 11 is 0. The predicted molar refractivity (Wildman–Crippen MR) is 81.2 cm³/mol. The van der Waals surface area contributed by atoms with E-state index in [0.29, 0.717) is 23.5 Å². The minimum absolute atomic E-state index is 0.251. The molecule has 0 aliphatic carbocycles. The molecule has 0 heterocycles. The highest BCUT2D eigenvalue weighted by Crippen LogP contribution is 2.14. The van der Waals surface area contributed by atoms with Gasteiger partial charge in [0.2, 0.25) is 6.41 Å². The van der Waals surface area contributed by atoms with E-state index in [1.54, 1.807) is 12.1 Å². The average Bonchev–Trinajstić information content (AvgIpc) is 2.43. The third-order valence-electron chi connectivity index (χ3n) is 2.35. The van der Waals surface area contributed by atoms with Gasteiger partial charge in [-0.2, -0.15) is 8.42 Å². The Kier molecular flexibility index (Phi) is 5.70. The summed E-state index contributed by atoms with van der Waals surface area (Å²) in [7, 11) is -4.20. The van der Waals surface area contributed by atoms with Crippen LogP contribution >= 0.6 is 0 Å². The number of hydrogen-bond donors (Lipinski definition) is 4. The number of nitrogen functional groups attached to an aromatic ring is 2. The van der Waals surface area contributed by atoms with Crippen molar-refractivity contribution in [1.29, 1.82) is 0 Å². The van der Waals surface area contributed by atoms with Crippen LogP contribution in [0.25, 0.3) is 0 Å². The van der Waals surface area contributed by atoms with Crippen molar-refractivity contribution >= 4 is 33.6 Å². The molecule has 0 radical (unpaired) electrons. The summed E-state index contributed by atoms with van der Waals surface area (Å²) in [6, 6.07) is 12.6. The van der Waals surface area contributed by atoms with Crippen LogP contribution in [0.1, 0.15) is 0 Å². The molecular weight excluding hydrogens is 294 g/mol. The molecule has 1 amide bonds. The van der Waals surface area contributed by atoms with Crippen LogP contribution in [0.3, 0.4) is 0 Å². The molecule has 0 saturated carbocycles. The summed E-state index contributed by atoms with van der Waals surface area (Å²) in [5.41, 5.74) is 12.4. The maximum Gasteiger partial charge on any atom is 0.294 e. The third kappa shape index (κ3) is 5.51. The SMILES string of the molecule is Nc1ccccc1N.O=CNc1cccc(S(=O)(=O)O)c1. The van der Waals surface area contributed by atoms with E-state index in [0.717, 1.165) is 6.07 Å². The molecule has 6 N–H and O–H groups in total. The second-order valence-corrected chi connectivity index (χ2v) is 5.32. The van der Waals surface area contributed by atoms with Crippen LogP contribution in [0, 0.1) is 0 Å².